The first kappa shape index (κ1) is 16.2. The highest BCUT2D eigenvalue weighted by Crippen LogP contribution is 2.37. The number of nitrogens with one attached hydrogen (secondary N) is 2. The Morgan fingerprint density at radius 1 is 1.43 bits per heavy atom. The Balaban J connectivity index is 2.16. The molecule has 1 heterocycles. The van der Waals surface area contributed by atoms with Gasteiger partial charge >= 0.3 is 0 Å². The average Bonchev–Trinajstić information content (AvgIpc) is 2.75. The SMILES string of the molecule is CCCNc1ncccc1S(=O)(=O)NC1CCC(C)(C)C1. The van der Waals surface area contributed by atoms with Gasteiger partial charge in [-0.15, -0.1) is 0 Å². The van der Waals surface area contributed by atoms with Crippen LogP contribution >= 0.6 is 0 Å². The first-order chi connectivity index (χ1) is 9.84. The highest BCUT2D eigenvalue weighted by atomic mass is 32.2. The summed E-state index contributed by atoms with van der Waals surface area (Å²) >= 11 is 0. The van der Waals surface area contributed by atoms with E-state index in [1.807, 2.05) is 6.92 Å². The van der Waals surface area contributed by atoms with Gasteiger partial charge in [-0.2, -0.15) is 0 Å². The van der Waals surface area contributed by atoms with Crippen molar-refractivity contribution >= 4 is 15.8 Å². The summed E-state index contributed by atoms with van der Waals surface area (Å²) in [5.74, 6) is 0.434. The number of hydrogen-bond acceptors (Lipinski definition) is 4. The lowest BCUT2D eigenvalue weighted by atomic mass is 9.92. The lowest BCUT2D eigenvalue weighted by molar-refractivity contribution is 0.372. The molecule has 6 heteroatoms. The largest absolute Gasteiger partial charge is 0.369 e. The van der Waals surface area contributed by atoms with Gasteiger partial charge in [0.1, 0.15) is 10.7 Å². The van der Waals surface area contributed by atoms with Crippen LogP contribution in [0.1, 0.15) is 46.5 Å². The Hall–Kier alpha value is -1.14. The molecule has 1 aliphatic carbocycles. The summed E-state index contributed by atoms with van der Waals surface area (Å²) in [6.07, 6.45) is 5.35. The summed E-state index contributed by atoms with van der Waals surface area (Å²) < 4.78 is 28.0. The van der Waals surface area contributed by atoms with Gasteiger partial charge in [-0.1, -0.05) is 20.8 Å². The normalized spacial score (nSPS) is 21.4. The van der Waals surface area contributed by atoms with Crippen molar-refractivity contribution in [3.63, 3.8) is 0 Å². The van der Waals surface area contributed by atoms with E-state index in [0.717, 1.165) is 25.7 Å². The minimum atomic E-state index is -3.53. The highest BCUT2D eigenvalue weighted by molar-refractivity contribution is 7.89. The second-order valence-electron chi connectivity index (χ2n) is 6.50. The second kappa shape index (κ2) is 6.32. The monoisotopic (exact) mass is 311 g/mol. The number of rotatable bonds is 6. The summed E-state index contributed by atoms with van der Waals surface area (Å²) in [4.78, 5) is 4.39. The van der Waals surface area contributed by atoms with E-state index in [1.165, 1.54) is 0 Å². The smallest absolute Gasteiger partial charge is 0.244 e. The van der Waals surface area contributed by atoms with E-state index >= 15 is 0 Å². The fraction of sp³-hybridized carbons (Fsp3) is 0.667. The fourth-order valence-electron chi connectivity index (χ4n) is 2.80. The molecule has 0 amide bonds. The van der Waals surface area contributed by atoms with Crippen LogP contribution in [-0.2, 0) is 10.0 Å². The van der Waals surface area contributed by atoms with Crippen molar-refractivity contribution in [3.8, 4) is 0 Å². The Kier molecular flexibility index (Phi) is 4.88. The maximum absolute atomic E-state index is 12.6. The summed E-state index contributed by atoms with van der Waals surface area (Å²) in [7, 11) is -3.53. The van der Waals surface area contributed by atoms with Crippen LogP contribution in [-0.4, -0.2) is 26.0 Å². The van der Waals surface area contributed by atoms with E-state index in [0.29, 0.717) is 12.4 Å². The highest BCUT2D eigenvalue weighted by Gasteiger charge is 2.34. The van der Waals surface area contributed by atoms with Gasteiger partial charge in [0.25, 0.3) is 0 Å². The molecule has 0 bridgehead atoms. The quantitative estimate of drug-likeness (QED) is 0.847. The van der Waals surface area contributed by atoms with Crippen LogP contribution in [0.3, 0.4) is 0 Å². The summed E-state index contributed by atoms with van der Waals surface area (Å²) in [5, 5.41) is 3.08. The Labute approximate surface area is 127 Å². The molecule has 1 unspecified atom stereocenters. The maximum Gasteiger partial charge on any atom is 0.244 e. The molecule has 0 aliphatic heterocycles. The van der Waals surface area contributed by atoms with Crippen molar-refractivity contribution in [2.24, 2.45) is 5.41 Å². The molecule has 5 nitrogen and oxygen atoms in total. The van der Waals surface area contributed by atoms with Gasteiger partial charge in [0.15, 0.2) is 0 Å². The van der Waals surface area contributed by atoms with Crippen LogP contribution in [0.25, 0.3) is 0 Å². The second-order valence-corrected chi connectivity index (χ2v) is 8.18. The molecule has 0 saturated heterocycles. The molecule has 118 valence electrons. The van der Waals surface area contributed by atoms with Gasteiger partial charge < -0.3 is 5.32 Å². The number of hydrogen-bond donors (Lipinski definition) is 2. The van der Waals surface area contributed by atoms with Crippen LogP contribution < -0.4 is 10.0 Å². The van der Waals surface area contributed by atoms with Gasteiger partial charge in [0, 0.05) is 18.8 Å². The topological polar surface area (TPSA) is 71.1 Å². The number of sulfonamides is 1. The maximum atomic E-state index is 12.6. The van der Waals surface area contributed by atoms with Crippen molar-refractivity contribution in [1.29, 1.82) is 0 Å². The number of nitrogens with zero attached hydrogens (tertiary/aromatic N) is 1. The third kappa shape index (κ3) is 4.17. The molecule has 1 aromatic rings. The molecule has 1 aromatic heterocycles. The van der Waals surface area contributed by atoms with Crippen LogP contribution in [0.4, 0.5) is 5.82 Å². The predicted molar refractivity (Wildman–Crippen MR) is 84.8 cm³/mol. The van der Waals surface area contributed by atoms with Gasteiger partial charge in [0.2, 0.25) is 10.0 Å². The lowest BCUT2D eigenvalue weighted by Gasteiger charge is -2.18. The Morgan fingerprint density at radius 3 is 2.81 bits per heavy atom. The molecule has 2 rings (SSSR count). The molecule has 0 aromatic carbocycles. The van der Waals surface area contributed by atoms with Crippen molar-refractivity contribution in [2.75, 3.05) is 11.9 Å². The zero-order valence-electron chi connectivity index (χ0n) is 13.0. The van der Waals surface area contributed by atoms with E-state index < -0.39 is 10.0 Å². The average molecular weight is 311 g/mol. The predicted octanol–water partition coefficient (Wildman–Crippen LogP) is 2.76. The summed E-state index contributed by atoms with van der Waals surface area (Å²) in [6.45, 7) is 7.10. The van der Waals surface area contributed by atoms with Crippen LogP contribution in [0.2, 0.25) is 0 Å². The molecule has 0 radical (unpaired) electrons. The third-order valence-corrected chi connectivity index (χ3v) is 5.45. The molecule has 1 saturated carbocycles. The van der Waals surface area contributed by atoms with Gasteiger partial charge in [-0.25, -0.2) is 18.1 Å². The van der Waals surface area contributed by atoms with E-state index in [4.69, 9.17) is 0 Å². The van der Waals surface area contributed by atoms with Gasteiger partial charge in [-0.3, -0.25) is 0 Å². The first-order valence-electron chi connectivity index (χ1n) is 7.55. The van der Waals surface area contributed by atoms with Gasteiger partial charge in [-0.05, 0) is 43.2 Å². The molecule has 1 atom stereocenters. The van der Waals surface area contributed by atoms with Crippen LogP contribution in [0.5, 0.6) is 0 Å². The molecule has 1 fully saturated rings. The molecule has 1 aliphatic rings. The zero-order chi connectivity index (χ0) is 15.5. The minimum absolute atomic E-state index is 0.0178. The number of anilines is 1. The standard InChI is InChI=1S/C15H25N3O2S/c1-4-9-16-14-13(6-5-10-17-14)21(19,20)18-12-7-8-15(2,3)11-12/h5-6,10,12,18H,4,7-9,11H2,1-3H3,(H,16,17). The first-order valence-corrected chi connectivity index (χ1v) is 9.03. The van der Waals surface area contributed by atoms with Crippen molar-refractivity contribution < 1.29 is 8.42 Å². The van der Waals surface area contributed by atoms with E-state index in [-0.39, 0.29) is 16.4 Å². The van der Waals surface area contributed by atoms with Crippen molar-refractivity contribution in [2.45, 2.75) is 57.4 Å². The molecular formula is C15H25N3O2S. The number of aromatic nitrogens is 1. The number of pyridine rings is 1. The Bertz CT molecular complexity index is 584. The van der Waals surface area contributed by atoms with E-state index in [9.17, 15) is 8.42 Å². The summed E-state index contributed by atoms with van der Waals surface area (Å²) in [5.41, 5.74) is 0.214. The molecular weight excluding hydrogens is 286 g/mol. The van der Waals surface area contributed by atoms with Gasteiger partial charge in [0.05, 0.1) is 0 Å². The van der Waals surface area contributed by atoms with Crippen LogP contribution in [0.15, 0.2) is 23.2 Å². The zero-order valence-corrected chi connectivity index (χ0v) is 13.8. The molecule has 21 heavy (non-hydrogen) atoms. The van der Waals surface area contributed by atoms with Crippen molar-refractivity contribution in [1.82, 2.24) is 9.71 Å². The van der Waals surface area contributed by atoms with E-state index in [1.54, 1.807) is 18.3 Å². The van der Waals surface area contributed by atoms with Crippen molar-refractivity contribution in [3.05, 3.63) is 18.3 Å². The minimum Gasteiger partial charge on any atom is -0.369 e. The lowest BCUT2D eigenvalue weighted by Crippen LogP contribution is -2.34. The third-order valence-electron chi connectivity index (χ3n) is 3.89. The van der Waals surface area contributed by atoms with E-state index in [2.05, 4.69) is 28.9 Å². The summed E-state index contributed by atoms with van der Waals surface area (Å²) in [6, 6.07) is 3.28. The molecule has 0 spiro atoms. The Morgan fingerprint density at radius 2 is 2.19 bits per heavy atom. The van der Waals surface area contributed by atoms with Crippen LogP contribution in [0, 0.1) is 5.41 Å². The fourth-order valence-corrected chi connectivity index (χ4v) is 4.21. The molecule has 2 N–H and O–H groups in total.